The number of carboxylic acid groups (broad SMARTS) is 1. The fourth-order valence-electron chi connectivity index (χ4n) is 0.906. The summed E-state index contributed by atoms with van der Waals surface area (Å²) >= 11 is 0. The molecule has 13 heteroatoms. The van der Waals surface area contributed by atoms with Crippen LogP contribution in [0.2, 0.25) is 0 Å². The number of rotatable bonds is 5. The lowest BCUT2D eigenvalue weighted by Gasteiger charge is -2.36. The molecular weight excluding hydrogens is 325 g/mol. The molecule has 0 spiro atoms. The minimum atomic E-state index is -7.56. The third kappa shape index (κ3) is 2.61. The van der Waals surface area contributed by atoms with Crippen LogP contribution in [0.15, 0.2) is 0 Å². The van der Waals surface area contributed by atoms with Crippen molar-refractivity contribution in [3.63, 3.8) is 0 Å². The van der Waals surface area contributed by atoms with Gasteiger partial charge in [-0.05, 0) is 0 Å². The first kappa shape index (κ1) is 18.7. The Morgan fingerprint density at radius 2 is 1.05 bits per heavy atom. The molecule has 0 saturated carbocycles. The Morgan fingerprint density at radius 1 is 0.700 bits per heavy atom. The van der Waals surface area contributed by atoms with E-state index >= 15 is 0 Å². The molecule has 0 aliphatic carbocycles. The van der Waals surface area contributed by atoms with E-state index in [9.17, 15) is 53.1 Å². The number of carboxylic acids is 1. The molecule has 0 amide bonds. The second-order valence-corrected chi connectivity index (χ2v) is 3.50. The van der Waals surface area contributed by atoms with Gasteiger partial charge in [-0.25, -0.2) is 0 Å². The Kier molecular flexibility index (Phi) is 4.32. The predicted molar refractivity (Wildman–Crippen MR) is 38.1 cm³/mol. The van der Waals surface area contributed by atoms with E-state index in [2.05, 4.69) is 0 Å². The van der Waals surface area contributed by atoms with Crippen LogP contribution in [-0.2, 0) is 4.79 Å². The summed E-state index contributed by atoms with van der Waals surface area (Å²) in [5.74, 6) is -31.4. The van der Waals surface area contributed by atoms with Crippen molar-refractivity contribution in [2.75, 3.05) is 0 Å². The van der Waals surface area contributed by atoms with E-state index < -0.39 is 42.3 Å². The van der Waals surface area contributed by atoms with Gasteiger partial charge >= 0.3 is 35.8 Å². The molecule has 0 saturated heterocycles. The zero-order chi connectivity index (χ0) is 16.8. The molecule has 0 aromatic carbocycles. The Hall–Kier alpha value is -1.30. The van der Waals surface area contributed by atoms with Gasteiger partial charge in [-0.15, -0.1) is 0 Å². The van der Waals surface area contributed by atoms with E-state index in [1.54, 1.807) is 0 Å². The van der Waals surface area contributed by atoms with E-state index in [1.807, 2.05) is 0 Å². The zero-order valence-corrected chi connectivity index (χ0v) is 8.72. The molecule has 0 unspecified atom stereocenters. The van der Waals surface area contributed by atoms with Crippen molar-refractivity contribution in [1.29, 1.82) is 0 Å². The normalized spacial score (nSPS) is 15.3. The third-order valence-corrected chi connectivity index (χ3v) is 1.98. The summed E-state index contributed by atoms with van der Waals surface area (Å²) in [6, 6.07) is 0. The van der Waals surface area contributed by atoms with E-state index in [-0.39, 0.29) is 0 Å². The van der Waals surface area contributed by atoms with Crippen molar-refractivity contribution in [2.45, 2.75) is 36.3 Å². The SMILES string of the molecule is O=C(O)CC(F)(F)C(F)(F)C(F)(F)C(F)(F)C(F)(F)F. The van der Waals surface area contributed by atoms with Gasteiger partial charge in [0, 0.05) is 0 Å². The van der Waals surface area contributed by atoms with E-state index in [1.165, 1.54) is 0 Å². The van der Waals surface area contributed by atoms with Crippen LogP contribution in [0.3, 0.4) is 0 Å². The van der Waals surface area contributed by atoms with Gasteiger partial charge in [0.15, 0.2) is 0 Å². The average Bonchev–Trinajstić information content (AvgIpc) is 2.12. The van der Waals surface area contributed by atoms with Gasteiger partial charge in [-0.3, -0.25) is 4.79 Å². The van der Waals surface area contributed by atoms with Crippen molar-refractivity contribution in [3.05, 3.63) is 0 Å². The molecule has 0 fully saturated rings. The molecule has 120 valence electrons. The van der Waals surface area contributed by atoms with Gasteiger partial charge in [-0.1, -0.05) is 0 Å². The zero-order valence-electron chi connectivity index (χ0n) is 8.72. The summed E-state index contributed by atoms with van der Waals surface area (Å²) in [7, 11) is 0. The van der Waals surface area contributed by atoms with E-state index in [0.717, 1.165) is 0 Å². The Labute approximate surface area is 102 Å². The smallest absolute Gasteiger partial charge is 0.460 e. The number of hydrogen-bond acceptors (Lipinski definition) is 1. The second kappa shape index (κ2) is 4.62. The molecule has 0 aromatic rings. The maximum atomic E-state index is 12.6. The number of alkyl halides is 11. The predicted octanol–water partition coefficient (Wildman–Crippen LogP) is 3.56. The van der Waals surface area contributed by atoms with Gasteiger partial charge in [0.25, 0.3) is 0 Å². The molecule has 0 bridgehead atoms. The molecule has 2 nitrogen and oxygen atoms in total. The van der Waals surface area contributed by atoms with Crippen molar-refractivity contribution < 1.29 is 58.2 Å². The topological polar surface area (TPSA) is 37.3 Å². The highest BCUT2D eigenvalue weighted by atomic mass is 19.4. The lowest BCUT2D eigenvalue weighted by molar-refractivity contribution is -0.421. The fourth-order valence-corrected chi connectivity index (χ4v) is 0.906. The summed E-state index contributed by atoms with van der Waals surface area (Å²) in [5, 5.41) is 7.77. The summed E-state index contributed by atoms with van der Waals surface area (Å²) in [5.41, 5.74) is 0. The highest BCUT2D eigenvalue weighted by Gasteiger charge is 2.87. The van der Waals surface area contributed by atoms with Crippen LogP contribution in [0.5, 0.6) is 0 Å². The van der Waals surface area contributed by atoms with Gasteiger partial charge in [0.2, 0.25) is 0 Å². The number of hydrogen-bond donors (Lipinski definition) is 1. The monoisotopic (exact) mass is 328 g/mol. The van der Waals surface area contributed by atoms with Crippen molar-refractivity contribution in [3.8, 4) is 0 Å². The van der Waals surface area contributed by atoms with Gasteiger partial charge < -0.3 is 5.11 Å². The highest BCUT2D eigenvalue weighted by Crippen LogP contribution is 2.57. The molecular formula is C7H3F11O2. The van der Waals surface area contributed by atoms with Crippen LogP contribution in [-0.4, -0.2) is 40.9 Å². The number of carbonyl (C=O) groups is 1. The van der Waals surface area contributed by atoms with E-state index in [0.29, 0.717) is 0 Å². The highest BCUT2D eigenvalue weighted by molar-refractivity contribution is 5.68. The van der Waals surface area contributed by atoms with E-state index in [4.69, 9.17) is 5.11 Å². The average molecular weight is 328 g/mol. The standard InChI is InChI=1S/C7H3F11O2/c8-3(9,1-2(19)20)4(10,11)5(12,13)6(14,15)7(16,17)18/h1H2,(H,19,20). The molecule has 0 aliphatic heterocycles. The lowest BCUT2D eigenvalue weighted by Crippen LogP contribution is -2.66. The first-order valence-electron chi connectivity index (χ1n) is 4.21. The maximum absolute atomic E-state index is 12.6. The molecule has 0 aliphatic rings. The largest absolute Gasteiger partial charge is 0.481 e. The number of halogens is 11. The first-order valence-corrected chi connectivity index (χ1v) is 4.21. The Bertz CT molecular complexity index is 383. The number of aliphatic carboxylic acids is 1. The van der Waals surface area contributed by atoms with Crippen LogP contribution >= 0.6 is 0 Å². The summed E-state index contributed by atoms with van der Waals surface area (Å²) < 4.78 is 135. The molecule has 1 N–H and O–H groups in total. The van der Waals surface area contributed by atoms with Crippen molar-refractivity contribution in [1.82, 2.24) is 0 Å². The third-order valence-electron chi connectivity index (χ3n) is 1.98. The molecule has 0 heterocycles. The molecule has 0 atom stereocenters. The van der Waals surface area contributed by atoms with Crippen LogP contribution in [0.25, 0.3) is 0 Å². The Morgan fingerprint density at radius 3 is 1.30 bits per heavy atom. The molecule has 20 heavy (non-hydrogen) atoms. The van der Waals surface area contributed by atoms with Crippen LogP contribution in [0, 0.1) is 0 Å². The molecule has 0 aromatic heterocycles. The maximum Gasteiger partial charge on any atom is 0.460 e. The minimum absolute atomic E-state index is 2.80. The summed E-state index contributed by atoms with van der Waals surface area (Å²) in [6.45, 7) is 0. The van der Waals surface area contributed by atoms with Crippen molar-refractivity contribution >= 4 is 5.97 Å². The first-order chi connectivity index (χ1) is 8.42. The lowest BCUT2D eigenvalue weighted by atomic mass is 9.96. The molecule has 0 rings (SSSR count). The fraction of sp³-hybridized carbons (Fsp3) is 0.857. The molecule has 0 radical (unpaired) electrons. The quantitative estimate of drug-likeness (QED) is 0.784. The van der Waals surface area contributed by atoms with Crippen LogP contribution in [0.1, 0.15) is 6.42 Å². The van der Waals surface area contributed by atoms with Gasteiger partial charge in [0.05, 0.1) is 0 Å². The van der Waals surface area contributed by atoms with Crippen LogP contribution in [0.4, 0.5) is 48.3 Å². The minimum Gasteiger partial charge on any atom is -0.481 e. The van der Waals surface area contributed by atoms with Gasteiger partial charge in [-0.2, -0.15) is 48.3 Å². The van der Waals surface area contributed by atoms with Crippen LogP contribution < -0.4 is 0 Å². The Balaban J connectivity index is 5.86. The van der Waals surface area contributed by atoms with Crippen molar-refractivity contribution in [2.24, 2.45) is 0 Å². The van der Waals surface area contributed by atoms with Gasteiger partial charge in [0.1, 0.15) is 6.42 Å². The second-order valence-electron chi connectivity index (χ2n) is 3.50. The summed E-state index contributed by atoms with van der Waals surface area (Å²) in [6.07, 6.45) is -10.3. The summed E-state index contributed by atoms with van der Waals surface area (Å²) in [4.78, 5) is 9.77.